The molecule has 2 aromatic rings. The molecule has 5 rings (SSSR count). The Bertz CT molecular complexity index is 1020. The van der Waals surface area contributed by atoms with Crippen LogP contribution in [0.5, 0.6) is 0 Å². The van der Waals surface area contributed by atoms with Crippen molar-refractivity contribution in [1.29, 1.82) is 5.26 Å². The van der Waals surface area contributed by atoms with Crippen LogP contribution in [0, 0.1) is 11.3 Å². The lowest BCUT2D eigenvalue weighted by Crippen LogP contribution is -2.38. The van der Waals surface area contributed by atoms with Crippen molar-refractivity contribution in [2.24, 2.45) is 0 Å². The van der Waals surface area contributed by atoms with Crippen LogP contribution in [0.1, 0.15) is 60.2 Å². The highest BCUT2D eigenvalue weighted by Gasteiger charge is 2.30. The number of aromatic nitrogens is 3. The molecule has 6 heteroatoms. The van der Waals surface area contributed by atoms with Crippen LogP contribution in [0.3, 0.4) is 0 Å². The largest absolute Gasteiger partial charge is 0.351 e. The number of rotatable bonds is 3. The molecular formula is C22H25N5O. The summed E-state index contributed by atoms with van der Waals surface area (Å²) in [6.45, 7) is 1.45. The predicted octanol–water partition coefficient (Wildman–Crippen LogP) is 2.55. The van der Waals surface area contributed by atoms with Gasteiger partial charge < -0.3 is 4.90 Å². The molecule has 3 heterocycles. The van der Waals surface area contributed by atoms with Crippen LogP contribution in [0.15, 0.2) is 16.9 Å². The highest BCUT2D eigenvalue weighted by atomic mass is 16.1. The average Bonchev–Trinajstić information content (AvgIpc) is 3.36. The maximum atomic E-state index is 12.5. The minimum absolute atomic E-state index is 0.00796. The Hall–Kier alpha value is -2.68. The van der Waals surface area contributed by atoms with E-state index >= 15 is 0 Å². The van der Waals surface area contributed by atoms with Gasteiger partial charge in [-0.15, -0.1) is 0 Å². The molecule has 1 fully saturated rings. The molecule has 0 bridgehead atoms. The quantitative estimate of drug-likeness (QED) is 0.824. The molecule has 144 valence electrons. The van der Waals surface area contributed by atoms with E-state index in [9.17, 15) is 10.1 Å². The number of nitrogens with zero attached hydrogens (tertiary/aromatic N) is 5. The van der Waals surface area contributed by atoms with E-state index in [4.69, 9.17) is 4.98 Å². The Kier molecular flexibility index (Phi) is 4.38. The number of anilines is 1. The van der Waals surface area contributed by atoms with E-state index in [0.29, 0.717) is 12.1 Å². The Morgan fingerprint density at radius 1 is 1.04 bits per heavy atom. The summed E-state index contributed by atoms with van der Waals surface area (Å²) in [5.74, 6) is 0.805. The maximum absolute atomic E-state index is 12.5. The number of hydrogen-bond donors (Lipinski definition) is 0. The lowest BCUT2D eigenvalue weighted by atomic mass is 9.95. The molecule has 28 heavy (non-hydrogen) atoms. The summed E-state index contributed by atoms with van der Waals surface area (Å²) < 4.78 is 1.64. The maximum Gasteiger partial charge on any atom is 0.267 e. The first-order valence-corrected chi connectivity index (χ1v) is 10.5. The molecule has 1 atom stereocenters. The normalized spacial score (nSPS) is 20.7. The molecule has 0 N–H and O–H groups in total. The van der Waals surface area contributed by atoms with Crippen molar-refractivity contribution in [2.45, 2.75) is 70.4 Å². The second kappa shape index (κ2) is 7.05. The van der Waals surface area contributed by atoms with Crippen LogP contribution < -0.4 is 10.5 Å². The number of pyridine rings is 1. The smallest absolute Gasteiger partial charge is 0.267 e. The van der Waals surface area contributed by atoms with E-state index < -0.39 is 0 Å². The van der Waals surface area contributed by atoms with E-state index in [0.717, 1.165) is 74.3 Å². The lowest BCUT2D eigenvalue weighted by Gasteiger charge is -2.28. The Labute approximate surface area is 164 Å². The molecular weight excluding hydrogens is 350 g/mol. The van der Waals surface area contributed by atoms with Gasteiger partial charge in [0.2, 0.25) is 0 Å². The highest BCUT2D eigenvalue weighted by Crippen LogP contribution is 2.31. The first-order valence-electron chi connectivity index (χ1n) is 10.5. The summed E-state index contributed by atoms with van der Waals surface area (Å²) in [5.41, 5.74) is 5.24. The van der Waals surface area contributed by atoms with Crippen LogP contribution in [-0.4, -0.2) is 27.4 Å². The summed E-state index contributed by atoms with van der Waals surface area (Å²) >= 11 is 0. The Morgan fingerprint density at radius 2 is 1.82 bits per heavy atom. The Morgan fingerprint density at radius 3 is 2.71 bits per heavy atom. The molecule has 0 spiro atoms. The van der Waals surface area contributed by atoms with Crippen LogP contribution in [-0.2, 0) is 32.2 Å². The van der Waals surface area contributed by atoms with Gasteiger partial charge in [0.05, 0.1) is 23.8 Å². The molecule has 2 aliphatic carbocycles. The fourth-order valence-electron chi connectivity index (χ4n) is 5.00. The van der Waals surface area contributed by atoms with Gasteiger partial charge in [0.1, 0.15) is 11.9 Å². The molecule has 6 nitrogen and oxygen atoms in total. The number of nitriles is 1. The van der Waals surface area contributed by atoms with E-state index in [-0.39, 0.29) is 11.6 Å². The molecule has 1 saturated heterocycles. The third-order valence-corrected chi connectivity index (χ3v) is 6.46. The van der Waals surface area contributed by atoms with Gasteiger partial charge in [0, 0.05) is 18.3 Å². The summed E-state index contributed by atoms with van der Waals surface area (Å²) in [5, 5.41) is 14.4. The van der Waals surface area contributed by atoms with E-state index in [1.165, 1.54) is 18.4 Å². The molecule has 0 amide bonds. The third kappa shape index (κ3) is 2.99. The fraction of sp³-hybridized carbons (Fsp3) is 0.545. The zero-order chi connectivity index (χ0) is 19.1. The van der Waals surface area contributed by atoms with Gasteiger partial charge in [-0.25, -0.2) is 9.67 Å². The fourth-order valence-corrected chi connectivity index (χ4v) is 5.00. The van der Waals surface area contributed by atoms with Gasteiger partial charge in [0.25, 0.3) is 5.56 Å². The molecule has 0 radical (unpaired) electrons. The van der Waals surface area contributed by atoms with Gasteiger partial charge >= 0.3 is 0 Å². The van der Waals surface area contributed by atoms with Crippen molar-refractivity contribution < 1.29 is 0 Å². The van der Waals surface area contributed by atoms with Crippen molar-refractivity contribution in [3.8, 4) is 6.07 Å². The molecule has 1 unspecified atom stereocenters. The van der Waals surface area contributed by atoms with Crippen molar-refractivity contribution in [3.05, 3.63) is 50.6 Å². The summed E-state index contributed by atoms with van der Waals surface area (Å²) in [6.07, 6.45) is 9.44. The minimum atomic E-state index is -0.00796. The molecule has 2 aromatic heterocycles. The zero-order valence-corrected chi connectivity index (χ0v) is 16.2. The highest BCUT2D eigenvalue weighted by molar-refractivity contribution is 5.57. The Balaban J connectivity index is 1.47. The van der Waals surface area contributed by atoms with Gasteiger partial charge in [0.15, 0.2) is 0 Å². The minimum Gasteiger partial charge on any atom is -0.351 e. The standard InChI is InChI=1S/C22H25N5O/c23-13-17-11-15-5-1-2-8-19(15)24-22(17)26-10-4-7-18(26)14-27-21(28)12-16-6-3-9-20(16)25-27/h11-12,18H,1-10,14H2. The SMILES string of the molecule is N#Cc1cc2c(nc1N1CCCC1Cn1nc3c(cc1=O)CCC3)CCCC2. The van der Waals surface area contributed by atoms with Crippen molar-refractivity contribution in [2.75, 3.05) is 11.4 Å². The van der Waals surface area contributed by atoms with Crippen molar-refractivity contribution >= 4 is 5.82 Å². The van der Waals surface area contributed by atoms with Gasteiger partial charge in [-0.2, -0.15) is 10.4 Å². The van der Waals surface area contributed by atoms with Crippen molar-refractivity contribution in [1.82, 2.24) is 14.8 Å². The van der Waals surface area contributed by atoms with Crippen LogP contribution in [0.2, 0.25) is 0 Å². The first kappa shape index (κ1) is 17.4. The van der Waals surface area contributed by atoms with E-state index in [1.807, 2.05) is 6.07 Å². The van der Waals surface area contributed by atoms with Crippen LogP contribution in [0.25, 0.3) is 0 Å². The summed E-state index contributed by atoms with van der Waals surface area (Å²) in [6, 6.07) is 6.34. The van der Waals surface area contributed by atoms with E-state index in [1.54, 1.807) is 10.7 Å². The number of hydrogen-bond acceptors (Lipinski definition) is 5. The number of aryl methyl sites for hydroxylation is 4. The molecule has 0 aromatic carbocycles. The molecule has 0 saturated carbocycles. The monoisotopic (exact) mass is 375 g/mol. The average molecular weight is 375 g/mol. The second-order valence-electron chi connectivity index (χ2n) is 8.26. The lowest BCUT2D eigenvalue weighted by molar-refractivity contribution is 0.481. The third-order valence-electron chi connectivity index (χ3n) is 6.46. The van der Waals surface area contributed by atoms with Crippen LogP contribution >= 0.6 is 0 Å². The van der Waals surface area contributed by atoms with Gasteiger partial charge in [-0.3, -0.25) is 4.79 Å². The second-order valence-corrected chi connectivity index (χ2v) is 8.26. The zero-order valence-electron chi connectivity index (χ0n) is 16.2. The van der Waals surface area contributed by atoms with Gasteiger partial charge in [-0.1, -0.05) is 0 Å². The van der Waals surface area contributed by atoms with Crippen molar-refractivity contribution in [3.63, 3.8) is 0 Å². The molecule has 1 aliphatic heterocycles. The van der Waals surface area contributed by atoms with Gasteiger partial charge in [-0.05, 0) is 75.0 Å². The van der Waals surface area contributed by atoms with E-state index in [2.05, 4.69) is 16.1 Å². The summed E-state index contributed by atoms with van der Waals surface area (Å²) in [4.78, 5) is 19.7. The number of fused-ring (bicyclic) bond motifs is 2. The summed E-state index contributed by atoms with van der Waals surface area (Å²) in [7, 11) is 0. The predicted molar refractivity (Wildman–Crippen MR) is 106 cm³/mol. The van der Waals surface area contributed by atoms with Crippen LogP contribution in [0.4, 0.5) is 5.82 Å². The molecule has 3 aliphatic rings. The first-order chi connectivity index (χ1) is 13.7. The topological polar surface area (TPSA) is 74.8 Å².